The van der Waals surface area contributed by atoms with Gasteiger partial charge in [-0.3, -0.25) is 9.59 Å². The summed E-state index contributed by atoms with van der Waals surface area (Å²) < 4.78 is 4.57. The summed E-state index contributed by atoms with van der Waals surface area (Å²) in [6, 6.07) is 0. The lowest BCUT2D eigenvalue weighted by molar-refractivity contribution is -0.140. The minimum absolute atomic E-state index is 0.152. The van der Waals surface area contributed by atoms with Crippen molar-refractivity contribution in [3.05, 3.63) is 0 Å². The van der Waals surface area contributed by atoms with Crippen LogP contribution in [0.2, 0.25) is 0 Å². The smallest absolute Gasteiger partial charge is 0.305 e. The summed E-state index contributed by atoms with van der Waals surface area (Å²) in [6.07, 6.45) is 7.64. The maximum absolute atomic E-state index is 11.9. The molecule has 1 rings (SSSR count). The zero-order valence-electron chi connectivity index (χ0n) is 12.2. The van der Waals surface area contributed by atoms with E-state index in [1.807, 2.05) is 0 Å². The Balaban J connectivity index is 2.00. The maximum atomic E-state index is 11.9. The van der Waals surface area contributed by atoms with Crippen molar-refractivity contribution in [1.29, 1.82) is 0 Å². The van der Waals surface area contributed by atoms with E-state index in [0.29, 0.717) is 6.42 Å². The molecule has 1 aliphatic carbocycles. The van der Waals surface area contributed by atoms with Crippen molar-refractivity contribution < 1.29 is 14.3 Å². The second-order valence-corrected chi connectivity index (χ2v) is 5.63. The normalized spacial score (nSPS) is 22.8. The summed E-state index contributed by atoms with van der Waals surface area (Å²) in [4.78, 5) is 22.8. The molecule has 0 aromatic heterocycles. The predicted octanol–water partition coefficient (Wildman–Crippen LogP) is 2.66. The fourth-order valence-corrected chi connectivity index (χ4v) is 2.55. The van der Waals surface area contributed by atoms with Crippen LogP contribution in [0.4, 0.5) is 0 Å². The van der Waals surface area contributed by atoms with Gasteiger partial charge >= 0.3 is 5.97 Å². The molecule has 0 aromatic rings. The fraction of sp³-hybridized carbons (Fsp3) is 0.867. The standard InChI is InChI=1S/C15H27NO3/c1-12-7-9-13(10-8-12)15(18)16-11-5-3-4-6-14(17)19-2/h12-13H,3-11H2,1-2H3,(H,16,18). The van der Waals surface area contributed by atoms with Gasteiger partial charge in [-0.15, -0.1) is 0 Å². The van der Waals surface area contributed by atoms with Crippen molar-refractivity contribution in [2.45, 2.75) is 58.3 Å². The molecule has 0 bridgehead atoms. The number of carbonyl (C=O) groups excluding carboxylic acids is 2. The average Bonchev–Trinajstić information content (AvgIpc) is 2.42. The van der Waals surface area contributed by atoms with E-state index in [1.54, 1.807) is 0 Å². The van der Waals surface area contributed by atoms with Gasteiger partial charge in [0.2, 0.25) is 5.91 Å². The molecule has 1 N–H and O–H groups in total. The topological polar surface area (TPSA) is 55.4 Å². The summed E-state index contributed by atoms with van der Waals surface area (Å²) in [5.41, 5.74) is 0. The molecule has 0 saturated heterocycles. The summed E-state index contributed by atoms with van der Waals surface area (Å²) in [5, 5.41) is 3.01. The number of hydrogen-bond donors (Lipinski definition) is 1. The number of esters is 1. The van der Waals surface area contributed by atoms with Gasteiger partial charge in [0.15, 0.2) is 0 Å². The van der Waals surface area contributed by atoms with Crippen molar-refractivity contribution in [1.82, 2.24) is 5.32 Å². The number of methoxy groups -OCH3 is 1. The molecule has 0 aliphatic heterocycles. The van der Waals surface area contributed by atoms with Crippen molar-refractivity contribution in [3.8, 4) is 0 Å². The molecular weight excluding hydrogens is 242 g/mol. The lowest BCUT2D eigenvalue weighted by atomic mass is 9.82. The molecule has 0 unspecified atom stereocenters. The molecule has 110 valence electrons. The molecule has 0 heterocycles. The Hall–Kier alpha value is -1.06. The molecule has 0 radical (unpaired) electrons. The van der Waals surface area contributed by atoms with Gasteiger partial charge in [-0.2, -0.15) is 0 Å². The molecule has 4 nitrogen and oxygen atoms in total. The first kappa shape index (κ1) is 16.0. The Kier molecular flexibility index (Phi) is 7.53. The molecule has 1 aliphatic rings. The maximum Gasteiger partial charge on any atom is 0.305 e. The Morgan fingerprint density at radius 2 is 1.79 bits per heavy atom. The second-order valence-electron chi connectivity index (χ2n) is 5.63. The zero-order chi connectivity index (χ0) is 14.1. The first-order valence-electron chi connectivity index (χ1n) is 7.48. The zero-order valence-corrected chi connectivity index (χ0v) is 12.2. The Morgan fingerprint density at radius 3 is 2.42 bits per heavy atom. The van der Waals surface area contributed by atoms with E-state index < -0.39 is 0 Å². The van der Waals surface area contributed by atoms with Crippen LogP contribution in [0.1, 0.15) is 58.3 Å². The van der Waals surface area contributed by atoms with Crippen LogP contribution in [0.3, 0.4) is 0 Å². The minimum Gasteiger partial charge on any atom is -0.469 e. The number of nitrogens with one attached hydrogen (secondary N) is 1. The average molecular weight is 269 g/mol. The summed E-state index contributed by atoms with van der Waals surface area (Å²) in [5.74, 6) is 1.08. The van der Waals surface area contributed by atoms with E-state index in [1.165, 1.54) is 20.0 Å². The van der Waals surface area contributed by atoms with E-state index in [-0.39, 0.29) is 17.8 Å². The monoisotopic (exact) mass is 269 g/mol. The molecule has 19 heavy (non-hydrogen) atoms. The van der Waals surface area contributed by atoms with Gasteiger partial charge in [0, 0.05) is 18.9 Å². The van der Waals surface area contributed by atoms with Gasteiger partial charge in [0.05, 0.1) is 7.11 Å². The number of unbranched alkanes of at least 4 members (excludes halogenated alkanes) is 2. The van der Waals surface area contributed by atoms with Crippen molar-refractivity contribution in [2.75, 3.05) is 13.7 Å². The highest BCUT2D eigenvalue weighted by Crippen LogP contribution is 2.28. The van der Waals surface area contributed by atoms with E-state index >= 15 is 0 Å². The molecule has 1 fully saturated rings. The molecular formula is C15H27NO3. The van der Waals surface area contributed by atoms with Gasteiger partial charge in [-0.1, -0.05) is 13.3 Å². The van der Waals surface area contributed by atoms with Crippen LogP contribution in [0.15, 0.2) is 0 Å². The highest BCUT2D eigenvalue weighted by molar-refractivity contribution is 5.78. The van der Waals surface area contributed by atoms with Crippen molar-refractivity contribution in [3.63, 3.8) is 0 Å². The summed E-state index contributed by atoms with van der Waals surface area (Å²) in [7, 11) is 1.41. The second kappa shape index (κ2) is 8.94. The first-order chi connectivity index (χ1) is 9.13. The van der Waals surface area contributed by atoms with E-state index in [9.17, 15) is 9.59 Å². The van der Waals surface area contributed by atoms with Crippen molar-refractivity contribution in [2.24, 2.45) is 11.8 Å². The third kappa shape index (κ3) is 6.60. The Labute approximate surface area is 116 Å². The van der Waals surface area contributed by atoms with Crippen LogP contribution in [-0.2, 0) is 14.3 Å². The highest BCUT2D eigenvalue weighted by Gasteiger charge is 2.23. The summed E-state index contributed by atoms with van der Waals surface area (Å²) >= 11 is 0. The van der Waals surface area contributed by atoms with E-state index in [0.717, 1.165) is 44.6 Å². The lowest BCUT2D eigenvalue weighted by Crippen LogP contribution is -2.33. The molecule has 0 atom stereocenters. The van der Waals surface area contributed by atoms with E-state index in [2.05, 4.69) is 17.0 Å². The van der Waals surface area contributed by atoms with Gasteiger partial charge in [-0.05, 0) is 44.4 Å². The third-order valence-corrected chi connectivity index (χ3v) is 3.97. The Bertz CT molecular complexity index is 283. The quantitative estimate of drug-likeness (QED) is 0.571. The minimum atomic E-state index is -0.152. The van der Waals surface area contributed by atoms with Crippen LogP contribution < -0.4 is 5.32 Å². The number of hydrogen-bond acceptors (Lipinski definition) is 3. The molecule has 0 spiro atoms. The Morgan fingerprint density at radius 1 is 1.11 bits per heavy atom. The largest absolute Gasteiger partial charge is 0.469 e. The molecule has 1 amide bonds. The molecule has 1 saturated carbocycles. The number of carbonyl (C=O) groups is 2. The summed E-state index contributed by atoms with van der Waals surface area (Å²) in [6.45, 7) is 2.99. The third-order valence-electron chi connectivity index (χ3n) is 3.97. The van der Waals surface area contributed by atoms with Crippen molar-refractivity contribution >= 4 is 11.9 Å². The van der Waals surface area contributed by atoms with Gasteiger partial charge < -0.3 is 10.1 Å². The van der Waals surface area contributed by atoms with Gasteiger partial charge in [-0.25, -0.2) is 0 Å². The lowest BCUT2D eigenvalue weighted by Gasteiger charge is -2.25. The molecule has 4 heteroatoms. The van der Waals surface area contributed by atoms with Crippen LogP contribution in [0.5, 0.6) is 0 Å². The van der Waals surface area contributed by atoms with E-state index in [4.69, 9.17) is 0 Å². The van der Waals surface area contributed by atoms with Crippen LogP contribution in [-0.4, -0.2) is 25.5 Å². The molecule has 0 aromatic carbocycles. The SMILES string of the molecule is COC(=O)CCCCCNC(=O)C1CCC(C)CC1. The number of rotatable bonds is 7. The van der Waals surface area contributed by atoms with Gasteiger partial charge in [0.25, 0.3) is 0 Å². The van der Waals surface area contributed by atoms with Gasteiger partial charge in [0.1, 0.15) is 0 Å². The number of amides is 1. The fourth-order valence-electron chi connectivity index (χ4n) is 2.55. The van der Waals surface area contributed by atoms with Crippen LogP contribution >= 0.6 is 0 Å². The van der Waals surface area contributed by atoms with Crippen LogP contribution in [0.25, 0.3) is 0 Å². The van der Waals surface area contributed by atoms with Crippen LogP contribution in [0, 0.1) is 11.8 Å². The number of ether oxygens (including phenoxy) is 1. The predicted molar refractivity (Wildman–Crippen MR) is 74.6 cm³/mol. The highest BCUT2D eigenvalue weighted by atomic mass is 16.5. The first-order valence-corrected chi connectivity index (χ1v) is 7.48.